The molecule has 0 aromatic carbocycles. The van der Waals surface area contributed by atoms with Crippen LogP contribution in [-0.2, 0) is 9.59 Å². The van der Waals surface area contributed by atoms with Crippen LogP contribution in [0.25, 0.3) is 0 Å². The topological polar surface area (TPSA) is 236 Å². The molecule has 12 heteroatoms. The van der Waals surface area contributed by atoms with Crippen LogP contribution in [0.2, 0.25) is 0 Å². The average Bonchev–Trinajstić information content (AvgIpc) is 2.76. The number of nitrogens with one attached hydrogen (secondary N) is 1. The molecule has 1 aliphatic heterocycles. The zero-order valence-electron chi connectivity index (χ0n) is 12.0. The second-order valence-electron chi connectivity index (χ2n) is 3.54. The first-order valence-corrected chi connectivity index (χ1v) is 5.87. The van der Waals surface area contributed by atoms with Gasteiger partial charge in [0.1, 0.15) is 6.54 Å². The summed E-state index contributed by atoms with van der Waals surface area (Å²) in [5, 5.41) is 26.1. The molecule has 0 atom stereocenters. The molecule has 0 aromatic rings. The number of carbonyl (C=O) groups is 2. The fraction of sp³-hybridized carbons (Fsp3) is 0.600. The molecule has 0 bridgehead atoms. The van der Waals surface area contributed by atoms with Crippen LogP contribution in [0, 0.1) is 11.5 Å². The lowest BCUT2D eigenvalue weighted by molar-refractivity contribution is -0.137. The standard InChI is InChI=1S/C5H9N3O2.C4H10N2O2.CH2N2.H2O/c6-5-7-1-2-8(5)3-4(9)10;5-1-2-6-3-4(7)8;2-1-3;/h1-3H2,(H2,6,7)(H,9,10);6H,1-3,5H2,(H,7,8);2H2;1H2. The molecular formula is C10H23N7O5. The zero-order chi connectivity index (χ0) is 16.7. The van der Waals surface area contributed by atoms with Gasteiger partial charge < -0.3 is 43.1 Å². The summed E-state index contributed by atoms with van der Waals surface area (Å²) in [6.07, 6.45) is 1.25. The maximum absolute atomic E-state index is 10.1. The summed E-state index contributed by atoms with van der Waals surface area (Å²) in [6, 6.07) is 0. The highest BCUT2D eigenvalue weighted by Crippen LogP contribution is 1.95. The Morgan fingerprint density at radius 2 is 1.95 bits per heavy atom. The lowest BCUT2D eigenvalue weighted by Gasteiger charge is -2.13. The van der Waals surface area contributed by atoms with E-state index in [1.165, 1.54) is 11.1 Å². The van der Waals surface area contributed by atoms with Crippen LogP contribution in [0.1, 0.15) is 0 Å². The minimum absolute atomic E-state index is 0. The van der Waals surface area contributed by atoms with Crippen LogP contribution < -0.4 is 22.5 Å². The van der Waals surface area contributed by atoms with E-state index in [4.69, 9.17) is 26.9 Å². The van der Waals surface area contributed by atoms with E-state index >= 15 is 0 Å². The number of nitriles is 1. The fourth-order valence-corrected chi connectivity index (χ4v) is 1.12. The molecule has 128 valence electrons. The molecular weight excluding hydrogens is 298 g/mol. The third-order valence-corrected chi connectivity index (χ3v) is 1.89. The second-order valence-corrected chi connectivity index (χ2v) is 3.54. The Hall–Kier alpha value is -2.62. The maximum atomic E-state index is 10.1. The maximum Gasteiger partial charge on any atom is 0.323 e. The minimum Gasteiger partial charge on any atom is -0.480 e. The van der Waals surface area contributed by atoms with Gasteiger partial charge in [0.25, 0.3) is 0 Å². The van der Waals surface area contributed by atoms with Crippen molar-refractivity contribution >= 4 is 17.9 Å². The highest BCUT2D eigenvalue weighted by atomic mass is 16.4. The Labute approximate surface area is 127 Å². The predicted octanol–water partition coefficient (Wildman–Crippen LogP) is -4.08. The van der Waals surface area contributed by atoms with Gasteiger partial charge in [-0.3, -0.25) is 14.6 Å². The fourth-order valence-electron chi connectivity index (χ4n) is 1.12. The summed E-state index contributed by atoms with van der Waals surface area (Å²) in [6.45, 7) is 2.23. The van der Waals surface area contributed by atoms with Gasteiger partial charge in [0.2, 0.25) is 0 Å². The molecule has 0 saturated carbocycles. The minimum atomic E-state index is -0.875. The number of guanidine groups is 1. The van der Waals surface area contributed by atoms with Crippen molar-refractivity contribution in [3.8, 4) is 6.19 Å². The number of hydrogen-bond donors (Lipinski definition) is 6. The van der Waals surface area contributed by atoms with Crippen molar-refractivity contribution in [1.29, 1.82) is 5.26 Å². The first-order valence-electron chi connectivity index (χ1n) is 5.87. The molecule has 0 amide bonds. The van der Waals surface area contributed by atoms with E-state index in [2.05, 4.69) is 16.0 Å². The Morgan fingerprint density at radius 1 is 1.41 bits per heavy atom. The van der Waals surface area contributed by atoms with E-state index in [-0.39, 0.29) is 18.6 Å². The molecule has 11 N–H and O–H groups in total. The van der Waals surface area contributed by atoms with Gasteiger partial charge in [-0.25, -0.2) is 0 Å². The largest absolute Gasteiger partial charge is 0.480 e. The third-order valence-electron chi connectivity index (χ3n) is 1.89. The van der Waals surface area contributed by atoms with Gasteiger partial charge >= 0.3 is 11.9 Å². The number of carboxylic acid groups (broad SMARTS) is 2. The highest BCUT2D eigenvalue weighted by Gasteiger charge is 2.15. The first-order chi connectivity index (χ1) is 9.88. The molecule has 0 radical (unpaired) electrons. The van der Waals surface area contributed by atoms with Crippen LogP contribution in [0.4, 0.5) is 0 Å². The van der Waals surface area contributed by atoms with Gasteiger partial charge in [0, 0.05) is 19.6 Å². The molecule has 0 aromatic heterocycles. The molecule has 22 heavy (non-hydrogen) atoms. The summed E-state index contributed by atoms with van der Waals surface area (Å²) < 4.78 is 0. The predicted molar refractivity (Wildman–Crippen MR) is 78.7 cm³/mol. The van der Waals surface area contributed by atoms with Crippen LogP contribution in [0.3, 0.4) is 0 Å². The summed E-state index contributed by atoms with van der Waals surface area (Å²) in [4.78, 5) is 25.3. The Morgan fingerprint density at radius 3 is 2.27 bits per heavy atom. The van der Waals surface area contributed by atoms with Crippen LogP contribution in [0.5, 0.6) is 0 Å². The van der Waals surface area contributed by atoms with Gasteiger partial charge in [-0.2, -0.15) is 5.26 Å². The number of nitrogens with zero attached hydrogens (tertiary/aromatic N) is 3. The monoisotopic (exact) mass is 321 g/mol. The Balaban J connectivity index is -0.000000273. The van der Waals surface area contributed by atoms with E-state index in [1.807, 2.05) is 0 Å². The van der Waals surface area contributed by atoms with Crippen LogP contribution in [-0.4, -0.2) is 77.8 Å². The molecule has 12 nitrogen and oxygen atoms in total. The number of hydrogen-bond acceptors (Lipinski definition) is 9. The van der Waals surface area contributed by atoms with Crippen molar-refractivity contribution in [2.24, 2.45) is 22.2 Å². The molecule has 0 fully saturated rings. The van der Waals surface area contributed by atoms with Crippen molar-refractivity contribution in [3.63, 3.8) is 0 Å². The van der Waals surface area contributed by atoms with E-state index in [0.717, 1.165) is 0 Å². The first kappa shape index (κ1) is 24.4. The lowest BCUT2D eigenvalue weighted by Crippen LogP contribution is -2.37. The van der Waals surface area contributed by atoms with Crippen molar-refractivity contribution in [2.75, 3.05) is 39.3 Å². The normalized spacial score (nSPS) is 11.5. The Kier molecular flexibility index (Phi) is 18.2. The number of carboxylic acids is 2. The average molecular weight is 321 g/mol. The Bertz CT molecular complexity index is 382. The molecule has 0 aliphatic carbocycles. The quantitative estimate of drug-likeness (QED) is 0.157. The SMILES string of the molecule is N#CN.NC1=NCCN1CC(=O)O.NCCNCC(=O)O.O. The molecule has 0 spiro atoms. The van der Waals surface area contributed by atoms with Gasteiger partial charge in [-0.1, -0.05) is 0 Å². The number of aliphatic carboxylic acids is 2. The summed E-state index contributed by atoms with van der Waals surface area (Å²) in [5.41, 5.74) is 14.6. The molecule has 1 aliphatic rings. The zero-order valence-corrected chi connectivity index (χ0v) is 12.0. The van der Waals surface area contributed by atoms with E-state index in [1.54, 1.807) is 0 Å². The van der Waals surface area contributed by atoms with Gasteiger partial charge in [0.05, 0.1) is 13.1 Å². The van der Waals surface area contributed by atoms with Crippen LogP contribution in [0.15, 0.2) is 4.99 Å². The van der Waals surface area contributed by atoms with E-state index < -0.39 is 11.9 Å². The van der Waals surface area contributed by atoms with Crippen molar-refractivity contribution in [3.05, 3.63) is 0 Å². The number of rotatable bonds is 6. The van der Waals surface area contributed by atoms with E-state index in [9.17, 15) is 9.59 Å². The molecule has 0 unspecified atom stereocenters. The van der Waals surface area contributed by atoms with Crippen LogP contribution >= 0.6 is 0 Å². The summed E-state index contributed by atoms with van der Waals surface area (Å²) in [5.74, 6) is -1.39. The smallest absolute Gasteiger partial charge is 0.323 e. The van der Waals surface area contributed by atoms with Gasteiger partial charge in [-0.05, 0) is 0 Å². The summed E-state index contributed by atoms with van der Waals surface area (Å²) >= 11 is 0. The van der Waals surface area contributed by atoms with Crippen molar-refractivity contribution in [2.45, 2.75) is 0 Å². The molecule has 1 rings (SSSR count). The molecule has 0 saturated heterocycles. The third kappa shape index (κ3) is 17.4. The number of nitrogens with two attached hydrogens (primary N) is 3. The van der Waals surface area contributed by atoms with Gasteiger partial charge in [-0.15, -0.1) is 0 Å². The van der Waals surface area contributed by atoms with E-state index in [0.29, 0.717) is 32.1 Å². The van der Waals surface area contributed by atoms with Crippen molar-refractivity contribution < 1.29 is 25.3 Å². The van der Waals surface area contributed by atoms with Crippen molar-refractivity contribution in [1.82, 2.24) is 10.2 Å². The lowest BCUT2D eigenvalue weighted by atomic mass is 10.5. The highest BCUT2D eigenvalue weighted by molar-refractivity contribution is 5.83. The second kappa shape index (κ2) is 16.4. The number of aliphatic imine (C=N–C) groups is 1. The summed E-state index contributed by atoms with van der Waals surface area (Å²) in [7, 11) is 0. The molecule has 1 heterocycles. The van der Waals surface area contributed by atoms with Gasteiger partial charge in [0.15, 0.2) is 12.2 Å².